The minimum absolute atomic E-state index is 0.125. The van der Waals surface area contributed by atoms with Gasteiger partial charge in [-0.1, -0.05) is 29.3 Å². The van der Waals surface area contributed by atoms with E-state index in [-0.39, 0.29) is 44.1 Å². The fourth-order valence-corrected chi connectivity index (χ4v) is 4.46. The minimum Gasteiger partial charge on any atom is -0.484 e. The Bertz CT molecular complexity index is 1380. The van der Waals surface area contributed by atoms with Gasteiger partial charge in [-0.25, -0.2) is 0 Å². The first-order chi connectivity index (χ1) is 18.4. The normalized spacial score (nSPS) is 15.9. The minimum atomic E-state index is -0.461. The number of amides is 3. The van der Waals surface area contributed by atoms with Crippen molar-refractivity contribution in [3.8, 4) is 17.2 Å². The summed E-state index contributed by atoms with van der Waals surface area (Å²) in [6.45, 7) is 0.574. The van der Waals surface area contributed by atoms with Gasteiger partial charge in [0.05, 0.1) is 16.0 Å². The topological polar surface area (TPSA) is 106 Å². The van der Waals surface area contributed by atoms with E-state index in [9.17, 15) is 14.4 Å². The summed E-state index contributed by atoms with van der Waals surface area (Å²) in [4.78, 5) is 39.1. The van der Waals surface area contributed by atoms with Gasteiger partial charge in [-0.2, -0.15) is 0 Å². The molecule has 0 aliphatic carbocycles. The molecule has 0 bridgehead atoms. The van der Waals surface area contributed by atoms with Crippen LogP contribution in [0, 0.1) is 5.92 Å². The molecule has 2 aliphatic rings. The molecule has 2 N–H and O–H groups in total. The Kier molecular flexibility index (Phi) is 7.57. The van der Waals surface area contributed by atoms with Crippen LogP contribution in [-0.2, 0) is 20.9 Å². The zero-order valence-electron chi connectivity index (χ0n) is 20.0. The molecule has 9 nitrogen and oxygen atoms in total. The van der Waals surface area contributed by atoms with Gasteiger partial charge >= 0.3 is 0 Å². The molecule has 38 heavy (non-hydrogen) atoms. The number of hydrogen-bond donors (Lipinski definition) is 2. The maximum atomic E-state index is 12.7. The molecule has 196 valence electrons. The summed E-state index contributed by atoms with van der Waals surface area (Å²) >= 11 is 11.8. The SMILES string of the molecule is O=C(COc1ccc(N2C[C@@H](C(=O)NCc3ccc4c(c3)OCO4)CC2=O)cc1)Nc1ccc(Cl)c(Cl)c1. The van der Waals surface area contributed by atoms with Crippen LogP contribution in [0.2, 0.25) is 10.0 Å². The molecule has 1 saturated heterocycles. The Morgan fingerprint density at radius 2 is 1.76 bits per heavy atom. The summed E-state index contributed by atoms with van der Waals surface area (Å²) in [5.41, 5.74) is 2.03. The number of carbonyl (C=O) groups is 3. The monoisotopic (exact) mass is 555 g/mol. The van der Waals surface area contributed by atoms with Gasteiger partial charge in [0.15, 0.2) is 18.1 Å². The molecule has 11 heteroatoms. The van der Waals surface area contributed by atoms with Crippen LogP contribution in [0.15, 0.2) is 60.7 Å². The molecular weight excluding hydrogens is 533 g/mol. The van der Waals surface area contributed by atoms with Crippen molar-refractivity contribution in [2.75, 3.05) is 30.2 Å². The zero-order chi connectivity index (χ0) is 26.6. The number of hydrogen-bond acceptors (Lipinski definition) is 6. The van der Waals surface area contributed by atoms with Crippen molar-refractivity contribution in [2.24, 2.45) is 5.92 Å². The molecule has 5 rings (SSSR count). The average Bonchev–Trinajstić information content (AvgIpc) is 3.55. The predicted molar refractivity (Wildman–Crippen MR) is 142 cm³/mol. The maximum Gasteiger partial charge on any atom is 0.262 e. The number of benzene rings is 3. The van der Waals surface area contributed by atoms with Crippen molar-refractivity contribution in [1.29, 1.82) is 0 Å². The zero-order valence-corrected chi connectivity index (χ0v) is 21.6. The van der Waals surface area contributed by atoms with Crippen molar-refractivity contribution >= 4 is 52.3 Å². The summed E-state index contributed by atoms with van der Waals surface area (Å²) in [5.74, 6) is 0.643. The number of nitrogens with one attached hydrogen (secondary N) is 2. The van der Waals surface area contributed by atoms with Crippen LogP contribution in [0.5, 0.6) is 17.2 Å². The predicted octanol–water partition coefficient (Wildman–Crippen LogP) is 4.41. The Hall–Kier alpha value is -3.95. The average molecular weight is 556 g/mol. The molecule has 0 aromatic heterocycles. The number of nitrogens with zero attached hydrogens (tertiary/aromatic N) is 1. The van der Waals surface area contributed by atoms with Gasteiger partial charge in [-0.05, 0) is 60.2 Å². The van der Waals surface area contributed by atoms with Gasteiger partial charge in [0.25, 0.3) is 5.91 Å². The van der Waals surface area contributed by atoms with Gasteiger partial charge in [-0.3, -0.25) is 14.4 Å². The molecule has 3 aromatic carbocycles. The highest BCUT2D eigenvalue weighted by Gasteiger charge is 2.35. The fraction of sp³-hybridized carbons (Fsp3) is 0.222. The summed E-state index contributed by atoms with van der Waals surface area (Å²) in [7, 11) is 0. The molecule has 0 saturated carbocycles. The molecule has 2 aliphatic heterocycles. The van der Waals surface area contributed by atoms with E-state index in [1.54, 1.807) is 53.4 Å². The second-order valence-electron chi connectivity index (χ2n) is 8.77. The van der Waals surface area contributed by atoms with Gasteiger partial charge < -0.3 is 29.7 Å². The van der Waals surface area contributed by atoms with Crippen LogP contribution in [-0.4, -0.2) is 37.7 Å². The van der Waals surface area contributed by atoms with Crippen molar-refractivity contribution in [3.63, 3.8) is 0 Å². The van der Waals surface area contributed by atoms with Crippen LogP contribution >= 0.6 is 23.2 Å². The number of ether oxygens (including phenoxy) is 3. The van der Waals surface area contributed by atoms with Gasteiger partial charge in [0.2, 0.25) is 18.6 Å². The fourth-order valence-electron chi connectivity index (χ4n) is 4.16. The van der Waals surface area contributed by atoms with Crippen molar-refractivity contribution < 1.29 is 28.6 Å². The first kappa shape index (κ1) is 25.7. The number of rotatable bonds is 8. The van der Waals surface area contributed by atoms with E-state index >= 15 is 0 Å². The van der Waals surface area contributed by atoms with E-state index in [0.717, 1.165) is 5.56 Å². The molecule has 0 radical (unpaired) electrons. The van der Waals surface area contributed by atoms with E-state index < -0.39 is 5.92 Å². The van der Waals surface area contributed by atoms with Crippen LogP contribution in [0.25, 0.3) is 0 Å². The number of fused-ring (bicyclic) bond motifs is 1. The maximum absolute atomic E-state index is 12.7. The molecule has 1 fully saturated rings. The largest absolute Gasteiger partial charge is 0.484 e. The molecule has 0 unspecified atom stereocenters. The quantitative estimate of drug-likeness (QED) is 0.426. The molecule has 1 atom stereocenters. The van der Waals surface area contributed by atoms with E-state index in [1.165, 1.54) is 0 Å². The smallest absolute Gasteiger partial charge is 0.262 e. The van der Waals surface area contributed by atoms with Crippen molar-refractivity contribution in [1.82, 2.24) is 5.32 Å². The third-order valence-corrected chi connectivity index (χ3v) is 6.86. The van der Waals surface area contributed by atoms with Gasteiger partial charge in [0, 0.05) is 30.9 Å². The number of anilines is 2. The van der Waals surface area contributed by atoms with E-state index in [0.29, 0.717) is 45.2 Å². The van der Waals surface area contributed by atoms with E-state index in [4.69, 9.17) is 37.4 Å². The van der Waals surface area contributed by atoms with Crippen molar-refractivity contribution in [2.45, 2.75) is 13.0 Å². The highest BCUT2D eigenvalue weighted by atomic mass is 35.5. The second kappa shape index (κ2) is 11.2. The second-order valence-corrected chi connectivity index (χ2v) is 9.58. The van der Waals surface area contributed by atoms with Crippen molar-refractivity contribution in [3.05, 3.63) is 76.3 Å². The van der Waals surface area contributed by atoms with E-state index in [1.807, 2.05) is 12.1 Å². The van der Waals surface area contributed by atoms with Crippen LogP contribution in [0.1, 0.15) is 12.0 Å². The summed E-state index contributed by atoms with van der Waals surface area (Å²) in [6, 6.07) is 17.0. The molecule has 2 heterocycles. The Morgan fingerprint density at radius 1 is 0.974 bits per heavy atom. The summed E-state index contributed by atoms with van der Waals surface area (Å²) in [6.07, 6.45) is 0.125. The van der Waals surface area contributed by atoms with E-state index in [2.05, 4.69) is 10.6 Å². The first-order valence-corrected chi connectivity index (χ1v) is 12.6. The lowest BCUT2D eigenvalue weighted by Gasteiger charge is -2.17. The highest BCUT2D eigenvalue weighted by molar-refractivity contribution is 6.42. The summed E-state index contributed by atoms with van der Waals surface area (Å²) in [5, 5.41) is 6.31. The Morgan fingerprint density at radius 3 is 2.55 bits per heavy atom. The van der Waals surface area contributed by atoms with Crippen LogP contribution in [0.4, 0.5) is 11.4 Å². The van der Waals surface area contributed by atoms with Gasteiger partial charge in [-0.15, -0.1) is 0 Å². The molecular formula is C27H23Cl2N3O6. The Balaban J connectivity index is 1.10. The van der Waals surface area contributed by atoms with Crippen LogP contribution < -0.4 is 29.7 Å². The summed E-state index contributed by atoms with van der Waals surface area (Å²) < 4.78 is 16.2. The number of carbonyl (C=O) groups excluding carboxylic acids is 3. The highest BCUT2D eigenvalue weighted by Crippen LogP contribution is 2.33. The molecule has 0 spiro atoms. The lowest BCUT2D eigenvalue weighted by Crippen LogP contribution is -2.32. The molecule has 3 amide bonds. The van der Waals surface area contributed by atoms with Gasteiger partial charge in [0.1, 0.15) is 5.75 Å². The lowest BCUT2D eigenvalue weighted by atomic mass is 10.1. The lowest BCUT2D eigenvalue weighted by molar-refractivity contribution is -0.126. The standard InChI is InChI=1S/C27H23Cl2N3O6/c28-21-7-2-18(11-22(21)29)31-25(33)14-36-20-5-3-19(4-6-20)32-13-17(10-26(32)34)27(35)30-12-16-1-8-23-24(9-16)38-15-37-23/h1-9,11,17H,10,12-15H2,(H,30,35)(H,31,33)/t17-/m0/s1. The van der Waals surface area contributed by atoms with Crippen LogP contribution in [0.3, 0.4) is 0 Å². The molecule has 3 aromatic rings. The first-order valence-electron chi connectivity index (χ1n) is 11.8. The third-order valence-electron chi connectivity index (χ3n) is 6.12. The Labute approximate surface area is 228 Å². The number of halogens is 2. The third kappa shape index (κ3) is 5.95.